The van der Waals surface area contributed by atoms with Crippen LogP contribution in [-0.4, -0.2) is 24.1 Å². The van der Waals surface area contributed by atoms with Gasteiger partial charge in [0, 0.05) is 6.42 Å². The Bertz CT molecular complexity index is 451. The second-order valence-electron chi connectivity index (χ2n) is 4.80. The van der Waals surface area contributed by atoms with Gasteiger partial charge in [-0.2, -0.15) is 0 Å². The zero-order valence-electron chi connectivity index (χ0n) is 11.4. The van der Waals surface area contributed by atoms with E-state index >= 15 is 0 Å². The van der Waals surface area contributed by atoms with Crippen molar-refractivity contribution in [2.24, 2.45) is 0 Å². The summed E-state index contributed by atoms with van der Waals surface area (Å²) in [6.45, 7) is 3.74. The average Bonchev–Trinajstić information content (AvgIpc) is 2.36. The van der Waals surface area contributed by atoms with Gasteiger partial charge in [-0.05, 0) is 31.5 Å². The van der Waals surface area contributed by atoms with E-state index in [9.17, 15) is 9.59 Å². The maximum Gasteiger partial charge on any atom is 0.303 e. The number of aliphatic carboxylic acids is 1. The highest BCUT2D eigenvalue weighted by Crippen LogP contribution is 2.22. The van der Waals surface area contributed by atoms with Crippen LogP contribution >= 0.6 is 0 Å². The van der Waals surface area contributed by atoms with E-state index in [1.807, 2.05) is 38.1 Å². The molecule has 1 amide bonds. The van der Waals surface area contributed by atoms with Crippen LogP contribution in [0, 0.1) is 0 Å². The number of rotatable bonds is 6. The number of nitrogens with one attached hydrogen (secondary N) is 1. The number of hydrogen-bond donors (Lipinski definition) is 2. The number of benzene rings is 1. The molecule has 0 saturated carbocycles. The fraction of sp³-hybridized carbons (Fsp3) is 0.429. The van der Waals surface area contributed by atoms with Crippen molar-refractivity contribution in [3.63, 3.8) is 0 Å². The minimum absolute atomic E-state index is 0.0189. The molecule has 104 valence electrons. The maximum absolute atomic E-state index is 11.7. The standard InChI is InChI=1S/C14H19NO4/c1-14(2,15-12(16)8-9-13(17)18)10-4-6-11(19-3)7-5-10/h4-7H,8-9H2,1-3H3,(H,15,16)(H,17,18). The summed E-state index contributed by atoms with van der Waals surface area (Å²) in [6.07, 6.45) is -0.181. The predicted molar refractivity (Wildman–Crippen MR) is 71.0 cm³/mol. The van der Waals surface area contributed by atoms with E-state index in [1.54, 1.807) is 7.11 Å². The Balaban J connectivity index is 2.68. The smallest absolute Gasteiger partial charge is 0.303 e. The van der Waals surface area contributed by atoms with Crippen molar-refractivity contribution in [1.29, 1.82) is 0 Å². The van der Waals surface area contributed by atoms with Crippen molar-refractivity contribution in [3.8, 4) is 5.75 Å². The molecule has 0 aliphatic heterocycles. The number of carbonyl (C=O) groups is 2. The van der Waals surface area contributed by atoms with E-state index in [0.717, 1.165) is 11.3 Å². The van der Waals surface area contributed by atoms with Crippen LogP contribution in [0.4, 0.5) is 0 Å². The lowest BCUT2D eigenvalue weighted by atomic mass is 9.94. The number of hydrogen-bond acceptors (Lipinski definition) is 3. The molecule has 2 N–H and O–H groups in total. The monoisotopic (exact) mass is 265 g/mol. The highest BCUT2D eigenvalue weighted by molar-refractivity contribution is 5.81. The van der Waals surface area contributed by atoms with Crippen molar-refractivity contribution in [1.82, 2.24) is 5.32 Å². The van der Waals surface area contributed by atoms with Crippen LogP contribution in [0.2, 0.25) is 0 Å². The second kappa shape index (κ2) is 6.22. The normalized spacial score (nSPS) is 10.9. The summed E-state index contributed by atoms with van der Waals surface area (Å²) in [5.74, 6) is -0.502. The fourth-order valence-corrected chi connectivity index (χ4v) is 1.71. The summed E-state index contributed by atoms with van der Waals surface area (Å²) >= 11 is 0. The number of amides is 1. The number of carbonyl (C=O) groups excluding carboxylic acids is 1. The van der Waals surface area contributed by atoms with Gasteiger partial charge in [-0.1, -0.05) is 12.1 Å². The summed E-state index contributed by atoms with van der Waals surface area (Å²) in [5.41, 5.74) is 0.374. The van der Waals surface area contributed by atoms with Crippen molar-refractivity contribution < 1.29 is 19.4 Å². The SMILES string of the molecule is COc1ccc(C(C)(C)NC(=O)CCC(=O)O)cc1. The third kappa shape index (κ3) is 4.62. The molecule has 0 unspecified atom stereocenters. The van der Waals surface area contributed by atoms with Gasteiger partial charge in [-0.15, -0.1) is 0 Å². The number of ether oxygens (including phenoxy) is 1. The van der Waals surface area contributed by atoms with Crippen LogP contribution in [0.3, 0.4) is 0 Å². The average molecular weight is 265 g/mol. The maximum atomic E-state index is 11.7. The highest BCUT2D eigenvalue weighted by Gasteiger charge is 2.22. The Labute approximate surface area is 112 Å². The van der Waals surface area contributed by atoms with Crippen molar-refractivity contribution >= 4 is 11.9 Å². The summed E-state index contributed by atoms with van der Waals surface area (Å²) in [5, 5.41) is 11.4. The van der Waals surface area contributed by atoms with Crippen molar-refractivity contribution in [2.45, 2.75) is 32.2 Å². The lowest BCUT2D eigenvalue weighted by Crippen LogP contribution is -2.41. The van der Waals surface area contributed by atoms with Gasteiger partial charge in [0.05, 0.1) is 19.1 Å². The Morgan fingerprint density at radius 2 is 1.79 bits per heavy atom. The van der Waals surface area contributed by atoms with E-state index in [2.05, 4.69) is 5.32 Å². The molecule has 0 bridgehead atoms. The first-order valence-electron chi connectivity index (χ1n) is 6.02. The molecule has 0 spiro atoms. The first kappa shape index (κ1) is 15.0. The fourth-order valence-electron chi connectivity index (χ4n) is 1.71. The molecule has 5 heteroatoms. The van der Waals surface area contributed by atoms with Gasteiger partial charge in [-0.3, -0.25) is 9.59 Å². The third-order valence-electron chi connectivity index (χ3n) is 2.83. The molecule has 0 aromatic heterocycles. The van der Waals surface area contributed by atoms with Gasteiger partial charge in [0.25, 0.3) is 0 Å². The lowest BCUT2D eigenvalue weighted by molar-refractivity contribution is -0.139. The van der Waals surface area contributed by atoms with Gasteiger partial charge >= 0.3 is 5.97 Å². The van der Waals surface area contributed by atoms with E-state index < -0.39 is 11.5 Å². The predicted octanol–water partition coefficient (Wildman–Crippen LogP) is 1.91. The van der Waals surface area contributed by atoms with Gasteiger partial charge in [0.2, 0.25) is 5.91 Å². The Kier molecular flexibility index (Phi) is 4.92. The number of carboxylic acids is 1. The Morgan fingerprint density at radius 1 is 1.21 bits per heavy atom. The largest absolute Gasteiger partial charge is 0.497 e. The van der Waals surface area contributed by atoms with Gasteiger partial charge in [-0.25, -0.2) is 0 Å². The Hall–Kier alpha value is -2.04. The molecular weight excluding hydrogens is 246 g/mol. The van der Waals surface area contributed by atoms with E-state index in [4.69, 9.17) is 9.84 Å². The van der Waals surface area contributed by atoms with Crippen LogP contribution in [0.25, 0.3) is 0 Å². The van der Waals surface area contributed by atoms with Crippen LogP contribution in [0.5, 0.6) is 5.75 Å². The molecule has 0 heterocycles. The number of methoxy groups -OCH3 is 1. The minimum atomic E-state index is -0.975. The lowest BCUT2D eigenvalue weighted by Gasteiger charge is -2.27. The second-order valence-corrected chi connectivity index (χ2v) is 4.80. The number of carboxylic acid groups (broad SMARTS) is 1. The molecule has 0 atom stereocenters. The topological polar surface area (TPSA) is 75.6 Å². The quantitative estimate of drug-likeness (QED) is 0.823. The highest BCUT2D eigenvalue weighted by atomic mass is 16.5. The van der Waals surface area contributed by atoms with Gasteiger partial charge in [0.15, 0.2) is 0 Å². The summed E-state index contributed by atoms with van der Waals surface area (Å²) in [4.78, 5) is 22.1. The molecule has 0 saturated heterocycles. The first-order chi connectivity index (χ1) is 8.85. The van der Waals surface area contributed by atoms with Crippen LogP contribution in [0.1, 0.15) is 32.3 Å². The minimum Gasteiger partial charge on any atom is -0.497 e. The van der Waals surface area contributed by atoms with E-state index in [-0.39, 0.29) is 18.7 Å². The van der Waals surface area contributed by atoms with Crippen molar-refractivity contribution in [2.75, 3.05) is 7.11 Å². The molecule has 0 fully saturated rings. The Morgan fingerprint density at radius 3 is 2.26 bits per heavy atom. The van der Waals surface area contributed by atoms with E-state index in [0.29, 0.717) is 0 Å². The molecule has 0 aliphatic rings. The summed E-state index contributed by atoms with van der Waals surface area (Å²) < 4.78 is 5.08. The third-order valence-corrected chi connectivity index (χ3v) is 2.83. The molecule has 0 aliphatic carbocycles. The zero-order valence-corrected chi connectivity index (χ0v) is 11.4. The molecule has 1 rings (SSSR count). The van der Waals surface area contributed by atoms with E-state index in [1.165, 1.54) is 0 Å². The molecule has 1 aromatic carbocycles. The molecule has 19 heavy (non-hydrogen) atoms. The van der Waals surface area contributed by atoms with Crippen LogP contribution in [0.15, 0.2) is 24.3 Å². The summed E-state index contributed by atoms with van der Waals surface area (Å²) in [6, 6.07) is 7.38. The van der Waals surface area contributed by atoms with Crippen molar-refractivity contribution in [3.05, 3.63) is 29.8 Å². The summed E-state index contributed by atoms with van der Waals surface area (Å²) in [7, 11) is 1.59. The van der Waals surface area contributed by atoms with Gasteiger partial charge < -0.3 is 15.2 Å². The molecule has 0 radical (unpaired) electrons. The molecule has 5 nitrogen and oxygen atoms in total. The van der Waals surface area contributed by atoms with Crippen LogP contribution in [-0.2, 0) is 15.1 Å². The van der Waals surface area contributed by atoms with Crippen LogP contribution < -0.4 is 10.1 Å². The zero-order chi connectivity index (χ0) is 14.5. The first-order valence-corrected chi connectivity index (χ1v) is 6.02. The molecule has 1 aromatic rings. The van der Waals surface area contributed by atoms with Gasteiger partial charge in [0.1, 0.15) is 5.75 Å². The molecular formula is C14H19NO4.